The summed E-state index contributed by atoms with van der Waals surface area (Å²) in [5, 5.41) is 5.11. The molecule has 0 unspecified atom stereocenters. The van der Waals surface area contributed by atoms with Gasteiger partial charge in [-0.1, -0.05) is 42.5 Å². The summed E-state index contributed by atoms with van der Waals surface area (Å²) in [5.41, 5.74) is 4.58. The van der Waals surface area contributed by atoms with Crippen molar-refractivity contribution in [3.8, 4) is 0 Å². The highest BCUT2D eigenvalue weighted by molar-refractivity contribution is 7.98. The van der Waals surface area contributed by atoms with E-state index >= 15 is 0 Å². The van der Waals surface area contributed by atoms with Crippen LogP contribution in [0.3, 0.4) is 0 Å². The number of thioether (sulfide) groups is 1. The largest absolute Gasteiger partial charge is 0.378 e. The van der Waals surface area contributed by atoms with Crippen LogP contribution in [0.2, 0.25) is 0 Å². The van der Waals surface area contributed by atoms with Gasteiger partial charge in [-0.25, -0.2) is 4.98 Å². The molecule has 0 bridgehead atoms. The molecule has 2 aromatic heterocycles. The second-order valence-electron chi connectivity index (χ2n) is 8.31. The molecule has 174 valence electrons. The van der Waals surface area contributed by atoms with Gasteiger partial charge in [-0.15, -0.1) is 11.8 Å². The van der Waals surface area contributed by atoms with Gasteiger partial charge in [0.15, 0.2) is 0 Å². The van der Waals surface area contributed by atoms with Gasteiger partial charge in [-0.3, -0.25) is 4.79 Å². The highest BCUT2D eigenvalue weighted by atomic mass is 32.2. The van der Waals surface area contributed by atoms with Crippen molar-refractivity contribution in [3.63, 3.8) is 0 Å². The molecule has 1 aliphatic rings. The number of amides is 1. The van der Waals surface area contributed by atoms with Gasteiger partial charge >= 0.3 is 0 Å². The van der Waals surface area contributed by atoms with E-state index in [1.807, 2.05) is 35.2 Å². The second-order valence-corrected chi connectivity index (χ2v) is 9.27. The van der Waals surface area contributed by atoms with E-state index in [0.29, 0.717) is 6.54 Å². The Morgan fingerprint density at radius 2 is 1.76 bits per heavy atom. The van der Waals surface area contributed by atoms with Gasteiger partial charge in [0.2, 0.25) is 5.91 Å². The van der Waals surface area contributed by atoms with Crippen LogP contribution in [0.25, 0.3) is 10.9 Å². The Morgan fingerprint density at radius 3 is 2.56 bits per heavy atom. The summed E-state index contributed by atoms with van der Waals surface area (Å²) in [4.78, 5) is 19.6. The summed E-state index contributed by atoms with van der Waals surface area (Å²) in [5.74, 6) is 0.855. The predicted octanol–water partition coefficient (Wildman–Crippen LogP) is 4.48. The summed E-state index contributed by atoms with van der Waals surface area (Å²) >= 11 is 1.72. The van der Waals surface area contributed by atoms with Crippen LogP contribution in [0.5, 0.6) is 0 Å². The first-order valence-electron chi connectivity index (χ1n) is 11.6. The molecule has 1 amide bonds. The third-order valence-electron chi connectivity index (χ3n) is 6.00. The van der Waals surface area contributed by atoms with Crippen LogP contribution < -0.4 is 10.2 Å². The SMILES string of the molecule is O=C(Cn1ccc2c(SCc3ccccc3)nccc21)NCc1ccc(N2CCOCC2)cc1. The number of carbonyl (C=O) groups is 1. The molecule has 0 saturated carbocycles. The van der Waals surface area contributed by atoms with E-state index in [-0.39, 0.29) is 12.5 Å². The maximum absolute atomic E-state index is 12.7. The van der Waals surface area contributed by atoms with Gasteiger partial charge < -0.3 is 19.5 Å². The number of fused-ring (bicyclic) bond motifs is 1. The number of morpholine rings is 1. The Balaban J connectivity index is 1.17. The van der Waals surface area contributed by atoms with Crippen LogP contribution in [0.1, 0.15) is 11.1 Å². The fourth-order valence-electron chi connectivity index (χ4n) is 4.13. The first-order chi connectivity index (χ1) is 16.8. The molecule has 1 fully saturated rings. The fourth-order valence-corrected chi connectivity index (χ4v) is 5.09. The van der Waals surface area contributed by atoms with Crippen molar-refractivity contribution in [2.24, 2.45) is 0 Å². The maximum Gasteiger partial charge on any atom is 0.240 e. The highest BCUT2D eigenvalue weighted by Gasteiger charge is 2.12. The molecule has 1 saturated heterocycles. The molecule has 6 nitrogen and oxygen atoms in total. The number of rotatable bonds is 8. The molecule has 7 heteroatoms. The van der Waals surface area contributed by atoms with E-state index in [0.717, 1.165) is 53.5 Å². The zero-order chi connectivity index (χ0) is 23.2. The number of nitrogens with one attached hydrogen (secondary N) is 1. The number of ether oxygens (including phenoxy) is 1. The number of pyridine rings is 1. The van der Waals surface area contributed by atoms with Crippen molar-refractivity contribution in [2.45, 2.75) is 23.9 Å². The monoisotopic (exact) mass is 472 g/mol. The van der Waals surface area contributed by atoms with E-state index < -0.39 is 0 Å². The summed E-state index contributed by atoms with van der Waals surface area (Å²) in [6.45, 7) is 4.18. The Hall–Kier alpha value is -3.29. The highest BCUT2D eigenvalue weighted by Crippen LogP contribution is 2.29. The second kappa shape index (κ2) is 10.8. The molecule has 2 aromatic carbocycles. The van der Waals surface area contributed by atoms with Gasteiger partial charge in [0, 0.05) is 48.9 Å². The van der Waals surface area contributed by atoms with Crippen LogP contribution >= 0.6 is 11.8 Å². The van der Waals surface area contributed by atoms with Crippen molar-refractivity contribution in [3.05, 3.63) is 90.3 Å². The molecule has 5 rings (SSSR count). The molecule has 1 aliphatic heterocycles. The molecule has 0 spiro atoms. The van der Waals surface area contributed by atoms with Gasteiger partial charge in [-0.05, 0) is 35.4 Å². The lowest BCUT2D eigenvalue weighted by atomic mass is 10.2. The van der Waals surface area contributed by atoms with Crippen LogP contribution in [-0.2, 0) is 28.4 Å². The van der Waals surface area contributed by atoms with Crippen molar-refractivity contribution in [1.82, 2.24) is 14.9 Å². The molecular weight excluding hydrogens is 444 g/mol. The molecule has 4 aromatic rings. The molecule has 34 heavy (non-hydrogen) atoms. The standard InChI is InChI=1S/C27H28N4O2S/c32-26(29-18-21-6-8-23(9-7-21)30-14-16-33-17-15-30)19-31-13-11-24-25(31)10-12-28-27(24)34-20-22-4-2-1-3-5-22/h1-13H,14-20H2,(H,29,32). The van der Waals surface area contributed by atoms with E-state index in [9.17, 15) is 4.79 Å². The van der Waals surface area contributed by atoms with Crippen molar-refractivity contribution in [1.29, 1.82) is 0 Å². The predicted molar refractivity (Wildman–Crippen MR) is 137 cm³/mol. The molecule has 0 atom stereocenters. The van der Waals surface area contributed by atoms with Gasteiger partial charge in [0.25, 0.3) is 0 Å². The summed E-state index contributed by atoms with van der Waals surface area (Å²) in [6, 6.07) is 22.8. The Bertz CT molecular complexity index is 1230. The van der Waals surface area contributed by atoms with Crippen LogP contribution in [-0.4, -0.2) is 41.8 Å². The van der Waals surface area contributed by atoms with Crippen LogP contribution in [0.4, 0.5) is 5.69 Å². The smallest absolute Gasteiger partial charge is 0.240 e. The quantitative estimate of drug-likeness (QED) is 0.383. The van der Waals surface area contributed by atoms with Gasteiger partial charge in [0.05, 0.1) is 18.7 Å². The number of carbonyl (C=O) groups excluding carboxylic acids is 1. The number of aromatic nitrogens is 2. The molecular formula is C27H28N4O2S. The zero-order valence-electron chi connectivity index (χ0n) is 19.0. The lowest BCUT2D eigenvalue weighted by molar-refractivity contribution is -0.121. The Morgan fingerprint density at radius 1 is 0.971 bits per heavy atom. The van der Waals surface area contributed by atoms with E-state index in [4.69, 9.17) is 4.74 Å². The lowest BCUT2D eigenvalue weighted by Gasteiger charge is -2.28. The number of hydrogen-bond acceptors (Lipinski definition) is 5. The molecule has 0 radical (unpaired) electrons. The minimum atomic E-state index is -0.00921. The molecule has 1 N–H and O–H groups in total. The number of benzene rings is 2. The minimum absolute atomic E-state index is 0.00921. The van der Waals surface area contributed by atoms with E-state index in [2.05, 4.69) is 63.7 Å². The van der Waals surface area contributed by atoms with Crippen molar-refractivity contribution < 1.29 is 9.53 Å². The first kappa shape index (κ1) is 22.5. The summed E-state index contributed by atoms with van der Waals surface area (Å²) in [6.07, 6.45) is 3.79. The minimum Gasteiger partial charge on any atom is -0.378 e. The average molecular weight is 473 g/mol. The fraction of sp³-hybridized carbons (Fsp3) is 0.259. The summed E-state index contributed by atoms with van der Waals surface area (Å²) in [7, 11) is 0. The first-order valence-corrected chi connectivity index (χ1v) is 12.5. The van der Waals surface area contributed by atoms with Gasteiger partial charge in [0.1, 0.15) is 11.6 Å². The zero-order valence-corrected chi connectivity index (χ0v) is 19.8. The Kier molecular flexibility index (Phi) is 7.12. The van der Waals surface area contributed by atoms with Crippen LogP contribution in [0, 0.1) is 0 Å². The number of nitrogens with zero attached hydrogens (tertiary/aromatic N) is 3. The molecule has 3 heterocycles. The third-order valence-corrected chi connectivity index (χ3v) is 7.07. The van der Waals surface area contributed by atoms with E-state index in [1.54, 1.807) is 11.8 Å². The normalized spacial score (nSPS) is 13.8. The van der Waals surface area contributed by atoms with Crippen LogP contribution in [0.15, 0.2) is 84.1 Å². The maximum atomic E-state index is 12.7. The topological polar surface area (TPSA) is 59.4 Å². The van der Waals surface area contributed by atoms with E-state index in [1.165, 1.54) is 11.3 Å². The number of hydrogen-bond donors (Lipinski definition) is 1. The number of anilines is 1. The lowest BCUT2D eigenvalue weighted by Crippen LogP contribution is -2.36. The van der Waals surface area contributed by atoms with Crippen molar-refractivity contribution >= 4 is 34.3 Å². The third kappa shape index (κ3) is 5.43. The summed E-state index contributed by atoms with van der Waals surface area (Å²) < 4.78 is 7.41. The van der Waals surface area contributed by atoms with Gasteiger partial charge in [-0.2, -0.15) is 0 Å². The Labute approximate surface area is 203 Å². The molecule has 0 aliphatic carbocycles. The average Bonchev–Trinajstić information content (AvgIpc) is 3.31. The van der Waals surface area contributed by atoms with Crippen molar-refractivity contribution in [2.75, 3.05) is 31.2 Å².